The van der Waals surface area contributed by atoms with Gasteiger partial charge in [-0.2, -0.15) is 4.98 Å². The molecule has 2 heterocycles. The molecule has 8 heteroatoms. The molecule has 0 radical (unpaired) electrons. The average molecular weight is 366 g/mol. The van der Waals surface area contributed by atoms with Gasteiger partial charge in [0.05, 0.1) is 19.0 Å². The van der Waals surface area contributed by atoms with Crippen molar-refractivity contribution in [3.8, 4) is 17.3 Å². The number of hydrogen-bond donors (Lipinski definition) is 2. The maximum Gasteiger partial charge on any atom is 0.290 e. The topological polar surface area (TPSA) is 114 Å². The van der Waals surface area contributed by atoms with Crippen LogP contribution in [0.5, 0.6) is 5.88 Å². The van der Waals surface area contributed by atoms with Gasteiger partial charge >= 0.3 is 0 Å². The zero-order chi connectivity index (χ0) is 19.6. The second-order valence-electron chi connectivity index (χ2n) is 5.25. The largest absolute Gasteiger partial charge is 0.483 e. The number of hydrogen-bond acceptors (Lipinski definition) is 6. The number of carboxylic acid groups (broad SMARTS) is 1. The molecule has 2 N–H and O–H groups in total. The summed E-state index contributed by atoms with van der Waals surface area (Å²) < 4.78 is 5.11. The van der Waals surface area contributed by atoms with E-state index in [1.54, 1.807) is 43.8 Å². The smallest absolute Gasteiger partial charge is 0.290 e. The number of aryl methyl sites for hydroxylation is 1. The lowest BCUT2D eigenvalue weighted by molar-refractivity contribution is -0.122. The summed E-state index contributed by atoms with van der Waals surface area (Å²) in [6, 6.07) is 12.4. The summed E-state index contributed by atoms with van der Waals surface area (Å²) in [6.45, 7) is 1.64. The summed E-state index contributed by atoms with van der Waals surface area (Å²) >= 11 is 0. The van der Waals surface area contributed by atoms with E-state index in [0.717, 1.165) is 11.3 Å². The highest BCUT2D eigenvalue weighted by Gasteiger charge is 2.09. The van der Waals surface area contributed by atoms with Gasteiger partial charge in [-0.3, -0.25) is 14.6 Å². The quantitative estimate of drug-likeness (QED) is 0.682. The standard InChI is InChI=1S/C18H16N4O2.CH2O2/c1-12-6-7-15(11-20-12)21-18(23)14-5-3-4-13(10-14)17-19-9-8-16(22-17)24-2;2-1-3/h3-11H,1-2H3,(H,21,23);1H,(H,2,3). The van der Waals surface area contributed by atoms with Crippen molar-refractivity contribution < 1.29 is 19.4 Å². The number of pyridine rings is 1. The molecule has 27 heavy (non-hydrogen) atoms. The lowest BCUT2D eigenvalue weighted by Crippen LogP contribution is -2.12. The van der Waals surface area contributed by atoms with Crippen molar-refractivity contribution >= 4 is 18.1 Å². The fraction of sp³-hybridized carbons (Fsp3) is 0.105. The third kappa shape index (κ3) is 5.60. The highest BCUT2D eigenvalue weighted by molar-refractivity contribution is 6.04. The lowest BCUT2D eigenvalue weighted by atomic mass is 10.1. The fourth-order valence-corrected chi connectivity index (χ4v) is 2.14. The molecule has 0 fully saturated rings. The molecule has 1 aromatic carbocycles. The second kappa shape index (κ2) is 9.62. The second-order valence-corrected chi connectivity index (χ2v) is 5.25. The highest BCUT2D eigenvalue weighted by atomic mass is 16.5. The summed E-state index contributed by atoms with van der Waals surface area (Å²) in [5.74, 6) is 0.756. The van der Waals surface area contributed by atoms with E-state index in [1.807, 2.05) is 25.1 Å². The maximum atomic E-state index is 12.4. The van der Waals surface area contributed by atoms with Crippen LogP contribution in [0.1, 0.15) is 16.1 Å². The van der Waals surface area contributed by atoms with Gasteiger partial charge in [-0.05, 0) is 31.2 Å². The van der Waals surface area contributed by atoms with Gasteiger partial charge in [-0.25, -0.2) is 4.98 Å². The molecule has 0 saturated heterocycles. The summed E-state index contributed by atoms with van der Waals surface area (Å²) in [6.07, 6.45) is 3.24. The van der Waals surface area contributed by atoms with Crippen molar-refractivity contribution in [2.45, 2.75) is 6.92 Å². The first-order chi connectivity index (χ1) is 13.1. The van der Waals surface area contributed by atoms with Gasteiger partial charge in [0, 0.05) is 29.1 Å². The Balaban J connectivity index is 0.000000817. The first-order valence-electron chi connectivity index (χ1n) is 7.86. The van der Waals surface area contributed by atoms with Crippen LogP contribution in [0.2, 0.25) is 0 Å². The number of amides is 1. The molecule has 8 nitrogen and oxygen atoms in total. The molecular weight excluding hydrogens is 348 g/mol. The zero-order valence-electron chi connectivity index (χ0n) is 14.8. The van der Waals surface area contributed by atoms with Crippen molar-refractivity contribution in [3.05, 3.63) is 66.1 Å². The van der Waals surface area contributed by atoms with Gasteiger partial charge in [0.1, 0.15) is 0 Å². The van der Waals surface area contributed by atoms with E-state index >= 15 is 0 Å². The molecule has 0 aliphatic heterocycles. The van der Waals surface area contributed by atoms with Gasteiger partial charge < -0.3 is 15.2 Å². The summed E-state index contributed by atoms with van der Waals surface area (Å²) in [5.41, 5.74) is 2.79. The van der Waals surface area contributed by atoms with Crippen LogP contribution < -0.4 is 10.1 Å². The molecule has 1 amide bonds. The van der Waals surface area contributed by atoms with Crippen molar-refractivity contribution in [3.63, 3.8) is 0 Å². The molecule has 0 atom stereocenters. The van der Waals surface area contributed by atoms with Crippen LogP contribution in [0, 0.1) is 6.92 Å². The number of aromatic nitrogens is 3. The van der Waals surface area contributed by atoms with E-state index < -0.39 is 0 Å². The van der Waals surface area contributed by atoms with E-state index in [2.05, 4.69) is 20.3 Å². The first-order valence-corrected chi connectivity index (χ1v) is 7.86. The number of anilines is 1. The van der Waals surface area contributed by atoms with Gasteiger partial charge in [0.2, 0.25) is 5.88 Å². The fourth-order valence-electron chi connectivity index (χ4n) is 2.14. The average Bonchev–Trinajstić information content (AvgIpc) is 2.70. The molecule has 0 saturated carbocycles. The molecule has 0 bridgehead atoms. The van der Waals surface area contributed by atoms with Gasteiger partial charge in [0.15, 0.2) is 5.82 Å². The van der Waals surface area contributed by atoms with Gasteiger partial charge in [0.25, 0.3) is 12.4 Å². The third-order valence-corrected chi connectivity index (χ3v) is 3.39. The van der Waals surface area contributed by atoms with Crippen LogP contribution in [0.25, 0.3) is 11.4 Å². The van der Waals surface area contributed by atoms with Crippen LogP contribution in [0.4, 0.5) is 5.69 Å². The number of carbonyl (C=O) groups excluding carboxylic acids is 1. The van der Waals surface area contributed by atoms with Crippen molar-refractivity contribution in [1.82, 2.24) is 15.0 Å². The molecule has 138 valence electrons. The van der Waals surface area contributed by atoms with E-state index in [9.17, 15) is 4.79 Å². The molecular formula is C19H18N4O4. The first kappa shape index (κ1) is 19.5. The number of nitrogens with one attached hydrogen (secondary N) is 1. The van der Waals surface area contributed by atoms with Crippen LogP contribution >= 0.6 is 0 Å². The number of benzene rings is 1. The Kier molecular flexibility index (Phi) is 6.95. The Labute approximate surface area is 155 Å². The van der Waals surface area contributed by atoms with Crippen molar-refractivity contribution in [2.75, 3.05) is 12.4 Å². The molecule has 3 aromatic rings. The van der Waals surface area contributed by atoms with E-state index in [0.29, 0.717) is 23.0 Å². The number of methoxy groups -OCH3 is 1. The minimum Gasteiger partial charge on any atom is -0.483 e. The van der Waals surface area contributed by atoms with Crippen LogP contribution in [-0.2, 0) is 4.79 Å². The summed E-state index contributed by atoms with van der Waals surface area (Å²) in [5, 5.41) is 9.71. The summed E-state index contributed by atoms with van der Waals surface area (Å²) in [4.78, 5) is 33.4. The molecule has 0 aliphatic rings. The Morgan fingerprint density at radius 2 is 1.96 bits per heavy atom. The Bertz CT molecular complexity index is 914. The number of nitrogens with zero attached hydrogens (tertiary/aromatic N) is 3. The summed E-state index contributed by atoms with van der Waals surface area (Å²) in [7, 11) is 1.55. The van der Waals surface area contributed by atoms with Crippen molar-refractivity contribution in [2.24, 2.45) is 0 Å². The number of ether oxygens (including phenoxy) is 1. The predicted octanol–water partition coefficient (Wildman–Crippen LogP) is 2.81. The molecule has 3 rings (SSSR count). The molecule has 0 spiro atoms. The van der Waals surface area contributed by atoms with Crippen LogP contribution in [0.15, 0.2) is 54.9 Å². The highest BCUT2D eigenvalue weighted by Crippen LogP contribution is 2.19. The van der Waals surface area contributed by atoms with E-state index in [4.69, 9.17) is 14.6 Å². The van der Waals surface area contributed by atoms with Gasteiger partial charge in [-0.15, -0.1) is 0 Å². The normalized spacial score (nSPS) is 9.56. The van der Waals surface area contributed by atoms with E-state index in [1.165, 1.54) is 0 Å². The Hall–Kier alpha value is -3.81. The molecule has 0 aliphatic carbocycles. The number of rotatable bonds is 4. The minimum atomic E-state index is -0.250. The molecule has 0 unspecified atom stereocenters. The van der Waals surface area contributed by atoms with Gasteiger partial charge in [-0.1, -0.05) is 12.1 Å². The van der Waals surface area contributed by atoms with Crippen LogP contribution in [0.3, 0.4) is 0 Å². The Morgan fingerprint density at radius 1 is 1.19 bits per heavy atom. The lowest BCUT2D eigenvalue weighted by Gasteiger charge is -2.07. The predicted molar refractivity (Wildman–Crippen MR) is 99.6 cm³/mol. The number of carbonyl (C=O) groups is 2. The minimum absolute atomic E-state index is 0.217. The third-order valence-electron chi connectivity index (χ3n) is 3.39. The SMILES string of the molecule is COc1ccnc(-c2cccc(C(=O)Nc3ccc(C)nc3)c2)n1.O=CO. The van der Waals surface area contributed by atoms with Crippen molar-refractivity contribution in [1.29, 1.82) is 0 Å². The molecule has 2 aromatic heterocycles. The monoisotopic (exact) mass is 366 g/mol. The zero-order valence-corrected chi connectivity index (χ0v) is 14.8. The Morgan fingerprint density at radius 3 is 2.63 bits per heavy atom. The van der Waals surface area contributed by atoms with E-state index in [-0.39, 0.29) is 12.4 Å². The van der Waals surface area contributed by atoms with Crippen LogP contribution in [-0.4, -0.2) is 39.5 Å². The maximum absolute atomic E-state index is 12.4.